The maximum Gasteiger partial charge on any atom is 0.263 e. The van der Waals surface area contributed by atoms with Gasteiger partial charge in [-0.15, -0.1) is 11.3 Å². The average molecular weight is 315 g/mol. The fourth-order valence-electron chi connectivity index (χ4n) is 2.96. The molecule has 0 radical (unpaired) electrons. The molecule has 22 heavy (non-hydrogen) atoms. The minimum Gasteiger partial charge on any atom is -0.383 e. The van der Waals surface area contributed by atoms with Gasteiger partial charge in [-0.2, -0.15) is 0 Å². The topological polar surface area (TPSA) is 84.1 Å². The molecule has 1 fully saturated rings. The molecule has 7 heteroatoms. The number of hydrogen-bond acceptors (Lipinski definition) is 6. The maximum absolute atomic E-state index is 11.8. The third kappa shape index (κ3) is 2.21. The molecule has 2 aliphatic heterocycles. The second kappa shape index (κ2) is 5.24. The minimum atomic E-state index is -0.0368. The van der Waals surface area contributed by atoms with E-state index in [0.717, 1.165) is 41.6 Å². The Morgan fingerprint density at radius 3 is 2.77 bits per heavy atom. The number of amides is 1. The molecule has 2 aromatic heterocycles. The van der Waals surface area contributed by atoms with Crippen LogP contribution in [0.25, 0.3) is 10.6 Å². The molecule has 0 saturated carbocycles. The number of carbonyl (C=O) groups is 1. The lowest BCUT2D eigenvalue weighted by molar-refractivity contribution is 0.0950. The van der Waals surface area contributed by atoms with Gasteiger partial charge in [0.05, 0.1) is 11.3 Å². The average Bonchev–Trinajstić information content (AvgIpc) is 3.17. The van der Waals surface area contributed by atoms with Crippen LogP contribution in [0.4, 0.5) is 11.6 Å². The molecule has 2 aromatic rings. The zero-order chi connectivity index (χ0) is 15.1. The van der Waals surface area contributed by atoms with Gasteiger partial charge >= 0.3 is 0 Å². The molecule has 6 nitrogen and oxygen atoms in total. The first-order chi connectivity index (χ1) is 10.7. The molecular formula is C15H17N5OS. The molecule has 0 unspecified atom stereocenters. The summed E-state index contributed by atoms with van der Waals surface area (Å²) in [5.41, 5.74) is 7.82. The number of pyridine rings is 1. The van der Waals surface area contributed by atoms with Crippen molar-refractivity contribution in [1.29, 1.82) is 0 Å². The third-order valence-electron chi connectivity index (χ3n) is 4.12. The lowest BCUT2D eigenvalue weighted by Gasteiger charge is -2.17. The first kappa shape index (κ1) is 13.5. The number of carbonyl (C=O) groups excluding carboxylic acids is 1. The molecule has 1 amide bonds. The monoisotopic (exact) mass is 315 g/mol. The van der Waals surface area contributed by atoms with E-state index in [4.69, 9.17) is 5.73 Å². The molecule has 2 aliphatic rings. The Labute approximate surface area is 132 Å². The van der Waals surface area contributed by atoms with Crippen molar-refractivity contribution >= 4 is 28.9 Å². The summed E-state index contributed by atoms with van der Waals surface area (Å²) in [5.74, 6) is 1.37. The van der Waals surface area contributed by atoms with Crippen LogP contribution >= 0.6 is 11.3 Å². The first-order valence-corrected chi connectivity index (χ1v) is 8.34. The predicted molar refractivity (Wildman–Crippen MR) is 87.2 cm³/mol. The van der Waals surface area contributed by atoms with Gasteiger partial charge in [0.25, 0.3) is 5.91 Å². The van der Waals surface area contributed by atoms with Crippen LogP contribution in [0.3, 0.4) is 0 Å². The maximum atomic E-state index is 11.8. The highest BCUT2D eigenvalue weighted by atomic mass is 32.1. The molecular weight excluding hydrogens is 298 g/mol. The van der Waals surface area contributed by atoms with Crippen LogP contribution in [-0.2, 0) is 6.42 Å². The quantitative estimate of drug-likeness (QED) is 0.881. The highest BCUT2D eigenvalue weighted by Crippen LogP contribution is 2.33. The first-order valence-electron chi connectivity index (χ1n) is 7.52. The van der Waals surface area contributed by atoms with Crippen molar-refractivity contribution in [2.24, 2.45) is 0 Å². The molecule has 0 aliphatic carbocycles. The molecule has 4 rings (SSSR count). The highest BCUT2D eigenvalue weighted by molar-refractivity contribution is 7.17. The standard InChI is InChI=1S/C15H17N5OS/c16-13-9(3-4-11(19-13)20-7-1-2-8-20)15-18-10-5-6-17-14(21)12(10)22-15/h3-4H,1-2,5-8H2,(H2,16,19)(H,17,21). The molecule has 0 atom stereocenters. The van der Waals surface area contributed by atoms with Crippen molar-refractivity contribution in [3.8, 4) is 10.6 Å². The summed E-state index contributed by atoms with van der Waals surface area (Å²) in [6, 6.07) is 3.97. The van der Waals surface area contributed by atoms with Crippen LogP contribution in [0, 0.1) is 0 Å². The number of rotatable bonds is 2. The van der Waals surface area contributed by atoms with Crippen molar-refractivity contribution in [3.05, 3.63) is 22.7 Å². The molecule has 1 saturated heterocycles. The summed E-state index contributed by atoms with van der Waals surface area (Å²) in [4.78, 5) is 23.9. The Morgan fingerprint density at radius 1 is 1.23 bits per heavy atom. The van der Waals surface area contributed by atoms with Crippen LogP contribution in [0.5, 0.6) is 0 Å². The Balaban J connectivity index is 1.69. The van der Waals surface area contributed by atoms with Crippen LogP contribution in [-0.4, -0.2) is 35.5 Å². The fourth-order valence-corrected chi connectivity index (χ4v) is 4.02. The molecule has 0 spiro atoms. The van der Waals surface area contributed by atoms with Crippen LogP contribution < -0.4 is 16.0 Å². The van der Waals surface area contributed by atoms with Crippen molar-refractivity contribution in [1.82, 2.24) is 15.3 Å². The lowest BCUT2D eigenvalue weighted by atomic mass is 10.2. The highest BCUT2D eigenvalue weighted by Gasteiger charge is 2.23. The van der Waals surface area contributed by atoms with Crippen LogP contribution in [0.1, 0.15) is 28.2 Å². The van der Waals surface area contributed by atoms with E-state index in [2.05, 4.69) is 20.2 Å². The Hall–Kier alpha value is -2.15. The van der Waals surface area contributed by atoms with Gasteiger partial charge in [-0.25, -0.2) is 9.97 Å². The summed E-state index contributed by atoms with van der Waals surface area (Å²) in [6.45, 7) is 2.73. The van der Waals surface area contributed by atoms with Crippen LogP contribution in [0.15, 0.2) is 12.1 Å². The summed E-state index contributed by atoms with van der Waals surface area (Å²) in [6.07, 6.45) is 3.19. The Bertz CT molecular complexity index is 736. The van der Waals surface area contributed by atoms with Crippen LogP contribution in [0.2, 0.25) is 0 Å². The second-order valence-electron chi connectivity index (χ2n) is 5.60. The van der Waals surface area contributed by atoms with Gasteiger partial charge in [0, 0.05) is 26.1 Å². The van der Waals surface area contributed by atoms with Crippen molar-refractivity contribution in [2.45, 2.75) is 19.3 Å². The van der Waals surface area contributed by atoms with E-state index >= 15 is 0 Å². The van der Waals surface area contributed by atoms with Gasteiger partial charge in [-0.05, 0) is 25.0 Å². The Kier molecular flexibility index (Phi) is 3.22. The van der Waals surface area contributed by atoms with Gasteiger partial charge in [-0.3, -0.25) is 4.79 Å². The summed E-state index contributed by atoms with van der Waals surface area (Å²) in [5, 5.41) is 3.62. The van der Waals surface area contributed by atoms with Gasteiger partial charge in [0.1, 0.15) is 21.5 Å². The number of nitrogens with two attached hydrogens (primary N) is 1. The van der Waals surface area contributed by atoms with Gasteiger partial charge < -0.3 is 16.0 Å². The van der Waals surface area contributed by atoms with E-state index in [9.17, 15) is 4.79 Å². The number of nitrogens with one attached hydrogen (secondary N) is 1. The number of aromatic nitrogens is 2. The van der Waals surface area contributed by atoms with Crippen molar-refractivity contribution in [2.75, 3.05) is 30.3 Å². The number of nitrogen functional groups attached to an aromatic ring is 1. The molecule has 4 heterocycles. The van der Waals surface area contributed by atoms with E-state index < -0.39 is 0 Å². The van der Waals surface area contributed by atoms with E-state index in [1.54, 1.807) is 0 Å². The zero-order valence-electron chi connectivity index (χ0n) is 12.1. The van der Waals surface area contributed by atoms with E-state index in [-0.39, 0.29) is 5.91 Å². The minimum absolute atomic E-state index is 0.0368. The summed E-state index contributed by atoms with van der Waals surface area (Å²) in [7, 11) is 0. The number of thiazole rings is 1. The lowest BCUT2D eigenvalue weighted by Crippen LogP contribution is -2.30. The second-order valence-corrected chi connectivity index (χ2v) is 6.60. The van der Waals surface area contributed by atoms with E-state index in [1.807, 2.05) is 12.1 Å². The summed E-state index contributed by atoms with van der Waals surface area (Å²) < 4.78 is 0. The third-order valence-corrected chi connectivity index (χ3v) is 5.25. The number of anilines is 2. The number of nitrogens with zero attached hydrogens (tertiary/aromatic N) is 3. The molecule has 0 bridgehead atoms. The normalized spacial score (nSPS) is 17.5. The largest absolute Gasteiger partial charge is 0.383 e. The molecule has 114 valence electrons. The van der Waals surface area contributed by atoms with Gasteiger partial charge in [0.15, 0.2) is 0 Å². The Morgan fingerprint density at radius 2 is 2.05 bits per heavy atom. The van der Waals surface area contributed by atoms with Crippen molar-refractivity contribution in [3.63, 3.8) is 0 Å². The molecule has 3 N–H and O–H groups in total. The zero-order valence-corrected chi connectivity index (χ0v) is 12.9. The fraction of sp³-hybridized carbons (Fsp3) is 0.400. The SMILES string of the molecule is Nc1nc(N2CCCC2)ccc1-c1nc2c(s1)C(=O)NCC2. The number of fused-ring (bicyclic) bond motifs is 1. The predicted octanol–water partition coefficient (Wildman–Crippen LogP) is 1.67. The van der Waals surface area contributed by atoms with E-state index in [1.165, 1.54) is 24.2 Å². The van der Waals surface area contributed by atoms with Gasteiger partial charge in [0.2, 0.25) is 0 Å². The summed E-state index contributed by atoms with van der Waals surface area (Å²) >= 11 is 1.39. The van der Waals surface area contributed by atoms with Gasteiger partial charge in [-0.1, -0.05) is 0 Å². The smallest absolute Gasteiger partial charge is 0.263 e. The molecule has 0 aromatic carbocycles. The van der Waals surface area contributed by atoms with Crippen molar-refractivity contribution < 1.29 is 4.79 Å². The van der Waals surface area contributed by atoms with E-state index in [0.29, 0.717) is 17.2 Å². The number of hydrogen-bond donors (Lipinski definition) is 2.